The maximum Gasteiger partial charge on any atom is 0.202 e. The van der Waals surface area contributed by atoms with E-state index in [4.69, 9.17) is 14.7 Å². The van der Waals surface area contributed by atoms with Gasteiger partial charge >= 0.3 is 0 Å². The van der Waals surface area contributed by atoms with Crippen LogP contribution in [0.2, 0.25) is 0 Å². The third-order valence-corrected chi connectivity index (χ3v) is 3.02. The maximum absolute atomic E-state index is 12.3. The van der Waals surface area contributed by atoms with Crippen LogP contribution in [0.15, 0.2) is 48.5 Å². The SMILES string of the molecule is COc1ccc(C(=O)[C@@H](C)Oc2cccc(C#N)c2)cc1. The van der Waals surface area contributed by atoms with Gasteiger partial charge in [-0.25, -0.2) is 0 Å². The maximum atomic E-state index is 12.3. The van der Waals surface area contributed by atoms with Crippen molar-refractivity contribution < 1.29 is 14.3 Å². The number of benzene rings is 2. The van der Waals surface area contributed by atoms with E-state index >= 15 is 0 Å². The molecular formula is C17H15NO3. The molecule has 4 heteroatoms. The van der Waals surface area contributed by atoms with Crippen LogP contribution in [-0.4, -0.2) is 19.0 Å². The summed E-state index contributed by atoms with van der Waals surface area (Å²) in [7, 11) is 1.57. The molecule has 0 heterocycles. The minimum Gasteiger partial charge on any atom is -0.497 e. The first-order chi connectivity index (χ1) is 10.1. The Bertz CT molecular complexity index is 671. The molecule has 4 nitrogen and oxygen atoms in total. The Morgan fingerprint density at radius 3 is 2.48 bits per heavy atom. The summed E-state index contributed by atoms with van der Waals surface area (Å²) in [5, 5.41) is 8.85. The Balaban J connectivity index is 2.09. The van der Waals surface area contributed by atoms with Gasteiger partial charge in [-0.05, 0) is 49.4 Å². The molecule has 2 rings (SSSR count). The molecule has 21 heavy (non-hydrogen) atoms. The molecule has 0 aromatic heterocycles. The van der Waals surface area contributed by atoms with Gasteiger partial charge in [-0.15, -0.1) is 0 Å². The normalized spacial score (nSPS) is 11.3. The summed E-state index contributed by atoms with van der Waals surface area (Å²) in [6.07, 6.45) is -0.632. The van der Waals surface area contributed by atoms with Crippen LogP contribution in [0, 0.1) is 11.3 Å². The summed E-state index contributed by atoms with van der Waals surface area (Å²) >= 11 is 0. The number of nitriles is 1. The molecule has 1 atom stereocenters. The summed E-state index contributed by atoms with van der Waals surface area (Å²) in [5.41, 5.74) is 1.05. The van der Waals surface area contributed by atoms with Gasteiger partial charge in [-0.2, -0.15) is 5.26 Å². The second-order valence-electron chi connectivity index (χ2n) is 4.49. The van der Waals surface area contributed by atoms with Crippen LogP contribution >= 0.6 is 0 Å². The van der Waals surface area contributed by atoms with Gasteiger partial charge in [0.15, 0.2) is 6.10 Å². The van der Waals surface area contributed by atoms with E-state index in [9.17, 15) is 4.79 Å². The van der Waals surface area contributed by atoms with Gasteiger partial charge in [0, 0.05) is 5.56 Å². The third-order valence-electron chi connectivity index (χ3n) is 3.02. The number of nitrogens with zero attached hydrogens (tertiary/aromatic N) is 1. The quantitative estimate of drug-likeness (QED) is 0.789. The average Bonchev–Trinajstić information content (AvgIpc) is 2.54. The van der Waals surface area contributed by atoms with Crippen molar-refractivity contribution in [3.05, 3.63) is 59.7 Å². The first-order valence-corrected chi connectivity index (χ1v) is 6.49. The van der Waals surface area contributed by atoms with E-state index in [1.54, 1.807) is 62.6 Å². The molecule has 0 N–H and O–H groups in total. The van der Waals surface area contributed by atoms with Crippen LogP contribution in [0.1, 0.15) is 22.8 Å². The van der Waals surface area contributed by atoms with Gasteiger partial charge in [-0.3, -0.25) is 4.79 Å². The summed E-state index contributed by atoms with van der Waals surface area (Å²) in [6, 6.07) is 15.6. The Morgan fingerprint density at radius 1 is 1.14 bits per heavy atom. The van der Waals surface area contributed by atoms with Gasteiger partial charge in [0.25, 0.3) is 0 Å². The zero-order chi connectivity index (χ0) is 15.2. The minimum atomic E-state index is -0.632. The standard InChI is InChI=1S/C17H15NO3/c1-12(21-16-5-3-4-13(10-16)11-18)17(19)14-6-8-15(20-2)9-7-14/h3-10,12H,1-2H3/t12-/m1/s1. The molecule has 0 fully saturated rings. The Labute approximate surface area is 123 Å². The number of ketones is 1. The number of hydrogen-bond acceptors (Lipinski definition) is 4. The summed E-state index contributed by atoms with van der Waals surface area (Å²) in [6.45, 7) is 1.69. The number of hydrogen-bond donors (Lipinski definition) is 0. The highest BCUT2D eigenvalue weighted by molar-refractivity contribution is 5.99. The Morgan fingerprint density at radius 2 is 1.86 bits per heavy atom. The highest BCUT2D eigenvalue weighted by atomic mass is 16.5. The fraction of sp³-hybridized carbons (Fsp3) is 0.176. The summed E-state index contributed by atoms with van der Waals surface area (Å²) in [4.78, 5) is 12.3. The van der Waals surface area contributed by atoms with Gasteiger partial charge in [0.1, 0.15) is 11.5 Å². The topological polar surface area (TPSA) is 59.3 Å². The van der Waals surface area contributed by atoms with Crippen molar-refractivity contribution in [3.63, 3.8) is 0 Å². The van der Waals surface area contributed by atoms with E-state index in [0.717, 1.165) is 0 Å². The van der Waals surface area contributed by atoms with Crippen LogP contribution in [0.3, 0.4) is 0 Å². The average molecular weight is 281 g/mol. The molecule has 0 radical (unpaired) electrons. The molecule has 0 unspecified atom stereocenters. The highest BCUT2D eigenvalue weighted by Crippen LogP contribution is 2.17. The molecule has 0 aliphatic rings. The predicted octanol–water partition coefficient (Wildman–Crippen LogP) is 3.22. The van der Waals surface area contributed by atoms with Crippen LogP contribution in [0.4, 0.5) is 0 Å². The van der Waals surface area contributed by atoms with E-state index in [1.807, 2.05) is 6.07 Å². The van der Waals surface area contributed by atoms with Crippen molar-refractivity contribution in [2.75, 3.05) is 7.11 Å². The smallest absolute Gasteiger partial charge is 0.202 e. The lowest BCUT2D eigenvalue weighted by Crippen LogP contribution is -2.23. The Kier molecular flexibility index (Phi) is 4.57. The molecule has 0 bridgehead atoms. The first-order valence-electron chi connectivity index (χ1n) is 6.49. The lowest BCUT2D eigenvalue weighted by molar-refractivity contribution is 0.0818. The van der Waals surface area contributed by atoms with Crippen LogP contribution < -0.4 is 9.47 Å². The molecule has 0 spiro atoms. The lowest BCUT2D eigenvalue weighted by atomic mass is 10.1. The fourth-order valence-electron chi connectivity index (χ4n) is 1.89. The number of Topliss-reactive ketones (excluding diaryl/α,β-unsaturated/α-hetero) is 1. The van der Waals surface area contributed by atoms with Crippen molar-refractivity contribution >= 4 is 5.78 Å². The largest absolute Gasteiger partial charge is 0.497 e. The van der Waals surface area contributed by atoms with Crippen LogP contribution in [-0.2, 0) is 0 Å². The van der Waals surface area contributed by atoms with Gasteiger partial charge < -0.3 is 9.47 Å². The lowest BCUT2D eigenvalue weighted by Gasteiger charge is -2.14. The zero-order valence-electron chi connectivity index (χ0n) is 11.9. The van der Waals surface area contributed by atoms with Gasteiger partial charge in [-0.1, -0.05) is 6.07 Å². The van der Waals surface area contributed by atoms with Gasteiger partial charge in [0.2, 0.25) is 5.78 Å². The number of rotatable bonds is 5. The van der Waals surface area contributed by atoms with Crippen molar-refractivity contribution in [3.8, 4) is 17.6 Å². The summed E-state index contributed by atoms with van der Waals surface area (Å²) in [5.74, 6) is 1.07. The second-order valence-corrected chi connectivity index (χ2v) is 4.49. The molecule has 0 saturated carbocycles. The highest BCUT2D eigenvalue weighted by Gasteiger charge is 2.17. The molecule has 2 aromatic carbocycles. The number of ether oxygens (including phenoxy) is 2. The second kappa shape index (κ2) is 6.58. The van der Waals surface area contributed by atoms with E-state index < -0.39 is 6.10 Å². The number of carbonyl (C=O) groups excluding carboxylic acids is 1. The molecular weight excluding hydrogens is 266 g/mol. The molecule has 0 aliphatic carbocycles. The van der Waals surface area contributed by atoms with Crippen LogP contribution in [0.5, 0.6) is 11.5 Å². The third kappa shape index (κ3) is 3.61. The summed E-state index contributed by atoms with van der Waals surface area (Å²) < 4.78 is 10.7. The van der Waals surface area contributed by atoms with E-state index in [2.05, 4.69) is 0 Å². The predicted molar refractivity (Wildman–Crippen MR) is 78.6 cm³/mol. The van der Waals surface area contributed by atoms with Crippen molar-refractivity contribution in [2.45, 2.75) is 13.0 Å². The van der Waals surface area contributed by atoms with E-state index in [-0.39, 0.29) is 5.78 Å². The van der Waals surface area contributed by atoms with Crippen molar-refractivity contribution in [2.24, 2.45) is 0 Å². The number of methoxy groups -OCH3 is 1. The van der Waals surface area contributed by atoms with E-state index in [0.29, 0.717) is 22.6 Å². The Hall–Kier alpha value is -2.80. The van der Waals surface area contributed by atoms with Crippen LogP contribution in [0.25, 0.3) is 0 Å². The molecule has 2 aromatic rings. The minimum absolute atomic E-state index is 0.125. The van der Waals surface area contributed by atoms with Gasteiger partial charge in [0.05, 0.1) is 18.7 Å². The monoisotopic (exact) mass is 281 g/mol. The zero-order valence-corrected chi connectivity index (χ0v) is 11.9. The first kappa shape index (κ1) is 14.6. The number of carbonyl (C=O) groups is 1. The molecule has 106 valence electrons. The molecule has 0 saturated heterocycles. The van der Waals surface area contributed by atoms with Crippen molar-refractivity contribution in [1.82, 2.24) is 0 Å². The van der Waals surface area contributed by atoms with Crippen molar-refractivity contribution in [1.29, 1.82) is 5.26 Å². The fourth-order valence-corrected chi connectivity index (χ4v) is 1.89. The molecule has 0 aliphatic heterocycles. The molecule has 0 amide bonds. The van der Waals surface area contributed by atoms with E-state index in [1.165, 1.54) is 0 Å².